The number of hydrogen-bond acceptors (Lipinski definition) is 4. The molecule has 0 saturated heterocycles. The minimum atomic E-state index is -0.451. The van der Waals surface area contributed by atoms with Crippen molar-refractivity contribution in [1.82, 2.24) is 10.3 Å². The molecule has 1 rings (SSSR count). The van der Waals surface area contributed by atoms with Crippen molar-refractivity contribution in [1.29, 1.82) is 0 Å². The second-order valence-electron chi connectivity index (χ2n) is 5.42. The number of nitrogens with zero attached hydrogens (tertiary/aromatic N) is 1. The molecule has 1 aromatic heterocycles. The minimum Gasteiger partial charge on any atom is -0.459 e. The Kier molecular flexibility index (Phi) is 4.84. The second-order valence-corrected chi connectivity index (χ2v) is 5.42. The molecule has 18 heavy (non-hydrogen) atoms. The summed E-state index contributed by atoms with van der Waals surface area (Å²) in [6, 6.07) is 3.60. The van der Waals surface area contributed by atoms with Gasteiger partial charge >= 0.3 is 5.97 Å². The average molecular weight is 250 g/mol. The lowest BCUT2D eigenvalue weighted by Crippen LogP contribution is -2.40. The first-order valence-electron chi connectivity index (χ1n) is 6.18. The molecule has 1 N–H and O–H groups in total. The maximum absolute atomic E-state index is 11.8. The standard InChI is InChI=1S/C14H22N2O2/c1-10(12-6-8-15-9-7-12)16-11(2)13(17)18-14(3,4)5/h6-11,16H,1-5H3/t10-,11?/m0/s1. The Morgan fingerprint density at radius 3 is 2.33 bits per heavy atom. The van der Waals surface area contributed by atoms with Crippen molar-refractivity contribution in [3.05, 3.63) is 30.1 Å². The normalized spacial score (nSPS) is 14.9. The van der Waals surface area contributed by atoms with Gasteiger partial charge in [0, 0.05) is 18.4 Å². The summed E-state index contributed by atoms with van der Waals surface area (Å²) in [6.45, 7) is 9.42. The highest BCUT2D eigenvalue weighted by atomic mass is 16.6. The molecule has 1 unspecified atom stereocenters. The van der Waals surface area contributed by atoms with Crippen LogP contribution in [0.3, 0.4) is 0 Å². The largest absolute Gasteiger partial charge is 0.459 e. The molecule has 0 bridgehead atoms. The van der Waals surface area contributed by atoms with Crippen molar-refractivity contribution in [2.75, 3.05) is 0 Å². The van der Waals surface area contributed by atoms with E-state index in [4.69, 9.17) is 4.74 Å². The van der Waals surface area contributed by atoms with Gasteiger partial charge in [-0.3, -0.25) is 15.1 Å². The summed E-state index contributed by atoms with van der Waals surface area (Å²) in [5.41, 5.74) is 0.646. The molecule has 4 nitrogen and oxygen atoms in total. The number of esters is 1. The van der Waals surface area contributed by atoms with Crippen LogP contribution in [0.15, 0.2) is 24.5 Å². The Morgan fingerprint density at radius 1 is 1.28 bits per heavy atom. The predicted molar refractivity (Wildman–Crippen MR) is 71.1 cm³/mol. The lowest BCUT2D eigenvalue weighted by Gasteiger charge is -2.24. The molecule has 0 aromatic carbocycles. The molecule has 0 fully saturated rings. The van der Waals surface area contributed by atoms with Crippen molar-refractivity contribution in [2.45, 2.75) is 52.3 Å². The topological polar surface area (TPSA) is 51.2 Å². The smallest absolute Gasteiger partial charge is 0.323 e. The van der Waals surface area contributed by atoms with Crippen LogP contribution in [0, 0.1) is 0 Å². The van der Waals surface area contributed by atoms with Gasteiger partial charge in [-0.15, -0.1) is 0 Å². The highest BCUT2D eigenvalue weighted by Crippen LogP contribution is 2.13. The van der Waals surface area contributed by atoms with Crippen LogP contribution in [0.4, 0.5) is 0 Å². The molecular formula is C14H22N2O2. The summed E-state index contributed by atoms with van der Waals surface area (Å²) in [6.07, 6.45) is 3.48. The van der Waals surface area contributed by atoms with E-state index in [2.05, 4.69) is 10.3 Å². The fourth-order valence-electron chi connectivity index (χ4n) is 1.58. The molecule has 1 aromatic rings. The summed E-state index contributed by atoms with van der Waals surface area (Å²) < 4.78 is 5.32. The zero-order chi connectivity index (χ0) is 13.8. The highest BCUT2D eigenvalue weighted by Gasteiger charge is 2.22. The Balaban J connectivity index is 2.55. The first kappa shape index (κ1) is 14.6. The first-order valence-corrected chi connectivity index (χ1v) is 6.18. The van der Waals surface area contributed by atoms with E-state index in [1.807, 2.05) is 46.8 Å². The zero-order valence-corrected chi connectivity index (χ0v) is 11.7. The van der Waals surface area contributed by atoms with Crippen molar-refractivity contribution >= 4 is 5.97 Å². The van der Waals surface area contributed by atoms with Gasteiger partial charge in [0.25, 0.3) is 0 Å². The van der Waals surface area contributed by atoms with E-state index in [1.165, 1.54) is 0 Å². The number of ether oxygens (including phenoxy) is 1. The minimum absolute atomic E-state index is 0.0792. The van der Waals surface area contributed by atoms with E-state index in [9.17, 15) is 4.79 Å². The van der Waals surface area contributed by atoms with Crippen LogP contribution in [-0.2, 0) is 9.53 Å². The third-order valence-electron chi connectivity index (χ3n) is 2.47. The van der Waals surface area contributed by atoms with Gasteiger partial charge in [-0.05, 0) is 52.3 Å². The lowest BCUT2D eigenvalue weighted by atomic mass is 10.1. The molecule has 0 aliphatic rings. The molecular weight excluding hydrogens is 228 g/mol. The molecule has 0 aliphatic heterocycles. The van der Waals surface area contributed by atoms with Gasteiger partial charge < -0.3 is 4.74 Å². The predicted octanol–water partition coefficient (Wildman–Crippen LogP) is 2.46. The third-order valence-corrected chi connectivity index (χ3v) is 2.47. The number of aromatic nitrogens is 1. The van der Waals surface area contributed by atoms with Gasteiger partial charge in [0.2, 0.25) is 0 Å². The lowest BCUT2D eigenvalue weighted by molar-refractivity contribution is -0.157. The van der Waals surface area contributed by atoms with Gasteiger partial charge in [0.15, 0.2) is 0 Å². The Hall–Kier alpha value is -1.42. The quantitative estimate of drug-likeness (QED) is 0.834. The molecule has 0 saturated carbocycles. The molecule has 100 valence electrons. The first-order chi connectivity index (χ1) is 8.29. The molecule has 2 atom stereocenters. The fourth-order valence-corrected chi connectivity index (χ4v) is 1.58. The van der Waals surface area contributed by atoms with E-state index in [0.29, 0.717) is 0 Å². The van der Waals surface area contributed by atoms with Crippen molar-refractivity contribution in [2.24, 2.45) is 0 Å². The van der Waals surface area contributed by atoms with Gasteiger partial charge in [-0.2, -0.15) is 0 Å². The van der Waals surface area contributed by atoms with E-state index in [0.717, 1.165) is 5.56 Å². The van der Waals surface area contributed by atoms with E-state index in [1.54, 1.807) is 12.4 Å². The molecule has 4 heteroatoms. The summed E-state index contributed by atoms with van der Waals surface area (Å²) in [4.78, 5) is 15.8. The van der Waals surface area contributed by atoms with E-state index in [-0.39, 0.29) is 18.1 Å². The molecule has 0 radical (unpaired) electrons. The SMILES string of the molecule is CC(N[C@@H](C)c1ccncc1)C(=O)OC(C)(C)C. The molecule has 0 amide bonds. The van der Waals surface area contributed by atoms with Crippen LogP contribution in [0.25, 0.3) is 0 Å². The van der Waals surface area contributed by atoms with E-state index < -0.39 is 5.60 Å². The monoisotopic (exact) mass is 250 g/mol. The maximum atomic E-state index is 11.8. The highest BCUT2D eigenvalue weighted by molar-refractivity contribution is 5.75. The summed E-state index contributed by atoms with van der Waals surface area (Å²) in [5, 5.41) is 3.22. The summed E-state index contributed by atoms with van der Waals surface area (Å²) in [5.74, 6) is -0.233. The average Bonchev–Trinajstić information content (AvgIpc) is 2.27. The van der Waals surface area contributed by atoms with Gasteiger partial charge in [-0.1, -0.05) is 0 Å². The van der Waals surface area contributed by atoms with Crippen LogP contribution < -0.4 is 5.32 Å². The molecule has 1 heterocycles. The van der Waals surface area contributed by atoms with Crippen molar-refractivity contribution in [3.8, 4) is 0 Å². The number of carbonyl (C=O) groups excluding carboxylic acids is 1. The zero-order valence-electron chi connectivity index (χ0n) is 11.7. The van der Waals surface area contributed by atoms with Crippen LogP contribution >= 0.6 is 0 Å². The molecule has 0 spiro atoms. The number of rotatable bonds is 4. The van der Waals surface area contributed by atoms with Crippen LogP contribution in [0.1, 0.15) is 46.2 Å². The van der Waals surface area contributed by atoms with Gasteiger partial charge in [0.1, 0.15) is 11.6 Å². The Labute approximate surface area is 109 Å². The third kappa shape index (κ3) is 4.84. The number of nitrogens with one attached hydrogen (secondary N) is 1. The van der Waals surface area contributed by atoms with Crippen LogP contribution in [0.5, 0.6) is 0 Å². The number of carbonyl (C=O) groups is 1. The fraction of sp³-hybridized carbons (Fsp3) is 0.571. The Bertz CT molecular complexity index is 385. The molecule has 0 aliphatic carbocycles. The summed E-state index contributed by atoms with van der Waals surface area (Å²) in [7, 11) is 0. The van der Waals surface area contributed by atoms with E-state index >= 15 is 0 Å². The summed E-state index contributed by atoms with van der Waals surface area (Å²) >= 11 is 0. The van der Waals surface area contributed by atoms with Crippen LogP contribution in [0.2, 0.25) is 0 Å². The van der Waals surface area contributed by atoms with Gasteiger partial charge in [-0.25, -0.2) is 0 Å². The second kappa shape index (κ2) is 5.96. The number of hydrogen-bond donors (Lipinski definition) is 1. The number of pyridine rings is 1. The van der Waals surface area contributed by atoms with Gasteiger partial charge in [0.05, 0.1) is 0 Å². The van der Waals surface area contributed by atoms with Crippen molar-refractivity contribution in [3.63, 3.8) is 0 Å². The van der Waals surface area contributed by atoms with Crippen LogP contribution in [-0.4, -0.2) is 22.6 Å². The maximum Gasteiger partial charge on any atom is 0.323 e. The van der Waals surface area contributed by atoms with Crippen molar-refractivity contribution < 1.29 is 9.53 Å². The Morgan fingerprint density at radius 2 is 1.83 bits per heavy atom.